The number of benzene rings is 2. The number of fused-ring (bicyclic) bond motifs is 1. The third kappa shape index (κ3) is 4.41. The molecule has 6 heteroatoms. The number of Topliss-reactive ketones (excluding diaryl/α,β-unsaturated/α-hetero) is 1. The van der Waals surface area contributed by atoms with Crippen molar-refractivity contribution >= 4 is 23.0 Å². The summed E-state index contributed by atoms with van der Waals surface area (Å²) in [4.78, 5) is 29.6. The summed E-state index contributed by atoms with van der Waals surface area (Å²) in [7, 11) is 3.25. The lowest BCUT2D eigenvalue weighted by Crippen LogP contribution is -2.40. The molecule has 1 atom stereocenters. The van der Waals surface area contributed by atoms with Crippen molar-refractivity contribution in [3.05, 3.63) is 81.0 Å². The number of rotatable bonds is 7. The van der Waals surface area contributed by atoms with Crippen molar-refractivity contribution in [1.29, 1.82) is 0 Å². The summed E-state index contributed by atoms with van der Waals surface area (Å²) in [5, 5.41) is 0. The maximum Gasteiger partial charge on any atom is 0.223 e. The fourth-order valence-corrected chi connectivity index (χ4v) is 5.12. The summed E-state index contributed by atoms with van der Waals surface area (Å²) in [6, 6.07) is 17.5. The molecular weight excluding hydrogens is 422 g/mol. The third-order valence-corrected chi connectivity index (χ3v) is 6.93. The Morgan fingerprint density at radius 2 is 1.72 bits per heavy atom. The number of methoxy groups -OCH3 is 2. The van der Waals surface area contributed by atoms with Crippen LogP contribution in [0.15, 0.2) is 54.6 Å². The minimum absolute atomic E-state index is 0.0130. The molecule has 1 unspecified atom stereocenters. The second kappa shape index (κ2) is 9.57. The summed E-state index contributed by atoms with van der Waals surface area (Å²) >= 11 is 1.48. The first-order chi connectivity index (χ1) is 15.5. The zero-order chi connectivity index (χ0) is 22.7. The lowest BCUT2D eigenvalue weighted by molar-refractivity contribution is -0.133. The lowest BCUT2D eigenvalue weighted by atomic mass is 9.87. The smallest absolute Gasteiger partial charge is 0.223 e. The average molecular weight is 450 g/mol. The number of thiophene rings is 1. The number of ketones is 1. The third-order valence-electron chi connectivity index (χ3n) is 5.89. The van der Waals surface area contributed by atoms with Crippen LogP contribution in [0.1, 0.15) is 50.1 Å². The zero-order valence-electron chi connectivity index (χ0n) is 18.6. The number of carbonyl (C=O) groups excluding carboxylic acids is 2. The molecule has 4 rings (SSSR count). The molecule has 1 aromatic heterocycles. The van der Waals surface area contributed by atoms with E-state index in [4.69, 9.17) is 9.47 Å². The molecule has 166 valence electrons. The number of carbonyl (C=O) groups is 2. The fourth-order valence-electron chi connectivity index (χ4n) is 4.28. The Bertz CT molecular complexity index is 1120. The molecule has 2 heterocycles. The Hall–Kier alpha value is -3.12. The van der Waals surface area contributed by atoms with Crippen molar-refractivity contribution in [2.45, 2.75) is 32.2 Å². The molecule has 0 radical (unpaired) electrons. The number of hydrogen-bond donors (Lipinski definition) is 0. The van der Waals surface area contributed by atoms with Gasteiger partial charge in [-0.25, -0.2) is 0 Å². The molecule has 2 aromatic carbocycles. The van der Waals surface area contributed by atoms with Gasteiger partial charge in [0.25, 0.3) is 0 Å². The standard InChI is InChI=1S/C26H27NO4S/c1-17-9-11-24(32-17)21(28)10-12-25(29)27-14-13-19-15-22(30-2)23(31-3)16-20(19)26(27)18-7-5-4-6-8-18/h4-9,11,15-16,26H,10,12-14H2,1-3H3. The molecule has 0 aliphatic carbocycles. The van der Waals surface area contributed by atoms with Crippen molar-refractivity contribution in [1.82, 2.24) is 4.90 Å². The van der Waals surface area contributed by atoms with Crippen LogP contribution in [0, 0.1) is 6.92 Å². The summed E-state index contributed by atoms with van der Waals surface area (Å²) in [6.45, 7) is 2.57. The Morgan fingerprint density at radius 1 is 1.00 bits per heavy atom. The van der Waals surface area contributed by atoms with Crippen molar-refractivity contribution in [2.75, 3.05) is 20.8 Å². The first-order valence-electron chi connectivity index (χ1n) is 10.7. The monoisotopic (exact) mass is 449 g/mol. The molecule has 0 saturated heterocycles. The van der Waals surface area contributed by atoms with Gasteiger partial charge in [-0.2, -0.15) is 0 Å². The molecule has 0 spiro atoms. The van der Waals surface area contributed by atoms with E-state index in [9.17, 15) is 9.59 Å². The average Bonchev–Trinajstić information content (AvgIpc) is 3.27. The van der Waals surface area contributed by atoms with Crippen LogP contribution in [0.3, 0.4) is 0 Å². The maximum absolute atomic E-state index is 13.3. The molecular formula is C26H27NO4S. The van der Waals surface area contributed by atoms with Crippen molar-refractivity contribution in [3.63, 3.8) is 0 Å². The number of hydrogen-bond acceptors (Lipinski definition) is 5. The molecule has 3 aromatic rings. The molecule has 0 saturated carbocycles. The normalized spacial score (nSPS) is 15.2. The molecule has 1 aliphatic rings. The van der Waals surface area contributed by atoms with Crippen molar-refractivity contribution < 1.29 is 19.1 Å². The van der Waals surface area contributed by atoms with Crippen molar-refractivity contribution in [3.8, 4) is 11.5 Å². The van der Waals surface area contributed by atoms with Gasteiger partial charge >= 0.3 is 0 Å². The van der Waals surface area contributed by atoms with E-state index in [0.717, 1.165) is 32.9 Å². The van der Waals surface area contributed by atoms with Crippen molar-refractivity contribution in [2.24, 2.45) is 0 Å². The molecule has 5 nitrogen and oxygen atoms in total. The van der Waals surface area contributed by atoms with Gasteiger partial charge in [-0.15, -0.1) is 11.3 Å². The minimum Gasteiger partial charge on any atom is -0.493 e. The fraction of sp³-hybridized carbons (Fsp3) is 0.308. The van der Waals surface area contributed by atoms with Crippen LogP contribution in [0.2, 0.25) is 0 Å². The number of aryl methyl sites for hydroxylation is 1. The minimum atomic E-state index is -0.230. The number of amides is 1. The van der Waals surface area contributed by atoms with Crippen LogP contribution in [0.25, 0.3) is 0 Å². The topological polar surface area (TPSA) is 55.8 Å². The lowest BCUT2D eigenvalue weighted by Gasteiger charge is -2.38. The maximum atomic E-state index is 13.3. The SMILES string of the molecule is COc1cc2c(cc1OC)C(c1ccccc1)N(C(=O)CCC(=O)c1ccc(C)s1)CC2. The summed E-state index contributed by atoms with van der Waals surface area (Å²) in [5.41, 5.74) is 3.22. The Labute approximate surface area is 192 Å². The highest BCUT2D eigenvalue weighted by Gasteiger charge is 2.33. The molecule has 0 fully saturated rings. The van der Waals surface area contributed by atoms with Gasteiger partial charge in [-0.3, -0.25) is 9.59 Å². The van der Waals surface area contributed by atoms with E-state index in [0.29, 0.717) is 18.0 Å². The van der Waals surface area contributed by atoms with Gasteiger partial charge in [0.2, 0.25) is 5.91 Å². The highest BCUT2D eigenvalue weighted by atomic mass is 32.1. The van der Waals surface area contributed by atoms with Crippen LogP contribution in [-0.2, 0) is 11.2 Å². The van der Waals surface area contributed by atoms with E-state index in [1.165, 1.54) is 11.3 Å². The molecule has 1 aliphatic heterocycles. The van der Waals surface area contributed by atoms with E-state index >= 15 is 0 Å². The summed E-state index contributed by atoms with van der Waals surface area (Å²) < 4.78 is 11.0. The first kappa shape index (κ1) is 22.1. The molecule has 0 N–H and O–H groups in total. The quantitative estimate of drug-likeness (QED) is 0.465. The van der Waals surface area contributed by atoms with Gasteiger partial charge in [0.05, 0.1) is 25.1 Å². The van der Waals surface area contributed by atoms with Gasteiger partial charge < -0.3 is 14.4 Å². The first-order valence-corrected chi connectivity index (χ1v) is 11.5. The van der Waals surface area contributed by atoms with Gasteiger partial charge in [0, 0.05) is 24.3 Å². The van der Waals surface area contributed by atoms with E-state index in [-0.39, 0.29) is 30.6 Å². The largest absolute Gasteiger partial charge is 0.493 e. The summed E-state index contributed by atoms with van der Waals surface area (Å²) in [5.74, 6) is 1.34. The molecule has 32 heavy (non-hydrogen) atoms. The van der Waals surface area contributed by atoms with Crippen LogP contribution in [0.5, 0.6) is 11.5 Å². The Kier molecular flexibility index (Phi) is 6.61. The second-order valence-electron chi connectivity index (χ2n) is 7.89. The Morgan fingerprint density at radius 3 is 2.38 bits per heavy atom. The predicted molar refractivity (Wildman–Crippen MR) is 126 cm³/mol. The number of ether oxygens (including phenoxy) is 2. The van der Waals surface area contributed by atoms with E-state index < -0.39 is 0 Å². The predicted octanol–water partition coefficient (Wildman–Crippen LogP) is 5.21. The number of nitrogens with zero attached hydrogens (tertiary/aromatic N) is 1. The van der Waals surface area contributed by atoms with Gasteiger partial charge in [0.1, 0.15) is 0 Å². The van der Waals surface area contributed by atoms with Crippen LogP contribution < -0.4 is 9.47 Å². The van der Waals surface area contributed by atoms with E-state index in [2.05, 4.69) is 0 Å². The van der Waals surface area contributed by atoms with Crippen LogP contribution in [-0.4, -0.2) is 37.4 Å². The highest BCUT2D eigenvalue weighted by Crippen LogP contribution is 2.41. The van der Waals surface area contributed by atoms with Gasteiger partial charge in [-0.1, -0.05) is 30.3 Å². The zero-order valence-corrected chi connectivity index (χ0v) is 19.4. The molecule has 0 bridgehead atoms. The Balaban J connectivity index is 1.63. The molecule has 1 amide bonds. The van der Waals surface area contributed by atoms with E-state index in [1.807, 2.05) is 66.4 Å². The van der Waals surface area contributed by atoms with Gasteiger partial charge in [-0.05, 0) is 54.3 Å². The van der Waals surface area contributed by atoms with Gasteiger partial charge in [0.15, 0.2) is 17.3 Å². The van der Waals surface area contributed by atoms with E-state index in [1.54, 1.807) is 14.2 Å². The van der Waals surface area contributed by atoms with Crippen LogP contribution in [0.4, 0.5) is 0 Å². The highest BCUT2D eigenvalue weighted by molar-refractivity contribution is 7.14. The second-order valence-corrected chi connectivity index (χ2v) is 9.18. The summed E-state index contributed by atoms with van der Waals surface area (Å²) in [6.07, 6.45) is 1.14. The van der Waals surface area contributed by atoms with Crippen LogP contribution >= 0.6 is 11.3 Å².